The van der Waals surface area contributed by atoms with Gasteiger partial charge in [0.05, 0.1) is 6.61 Å². The molecule has 5 unspecified atom stereocenters. The molecule has 0 aliphatic carbocycles. The Morgan fingerprint density at radius 1 is 1.17 bits per heavy atom. The molecule has 1 aromatic heterocycles. The molecule has 1 fully saturated rings. The van der Waals surface area contributed by atoms with Gasteiger partial charge < -0.3 is 39.8 Å². The van der Waals surface area contributed by atoms with Gasteiger partial charge in [-0.15, -0.1) is 0 Å². The number of aromatic amines is 1. The fourth-order valence-corrected chi connectivity index (χ4v) is 3.79. The largest absolute Gasteiger partial charge is 0.462 e. The number of rotatable bonds is 8. The van der Waals surface area contributed by atoms with Crippen molar-refractivity contribution in [2.45, 2.75) is 63.9 Å². The lowest BCUT2D eigenvalue weighted by Crippen LogP contribution is -2.60. The quantitative estimate of drug-likeness (QED) is 0.434. The summed E-state index contributed by atoms with van der Waals surface area (Å²) in [6, 6.07) is 6.04. The van der Waals surface area contributed by atoms with Crippen molar-refractivity contribution >= 4 is 10.9 Å². The highest BCUT2D eigenvalue weighted by molar-refractivity contribution is 5.84. The lowest BCUT2D eigenvalue weighted by atomic mass is 9.99. The number of hydrogen-bond acceptors (Lipinski definition) is 7. The summed E-state index contributed by atoms with van der Waals surface area (Å²) in [7, 11) is 0. The van der Waals surface area contributed by atoms with Crippen molar-refractivity contribution < 1.29 is 29.9 Å². The molecule has 2 aromatic rings. The van der Waals surface area contributed by atoms with Gasteiger partial charge >= 0.3 is 0 Å². The molecule has 5 N–H and O–H groups in total. The van der Waals surface area contributed by atoms with Crippen LogP contribution in [0.4, 0.5) is 0 Å². The van der Waals surface area contributed by atoms with Gasteiger partial charge in [-0.1, -0.05) is 6.92 Å². The zero-order chi connectivity index (χ0) is 21.1. The van der Waals surface area contributed by atoms with E-state index in [0.29, 0.717) is 11.8 Å². The van der Waals surface area contributed by atoms with Crippen molar-refractivity contribution in [3.05, 3.63) is 30.0 Å². The topological polar surface area (TPSA) is 118 Å². The summed E-state index contributed by atoms with van der Waals surface area (Å²) in [6.07, 6.45) is -3.57. The Labute approximate surface area is 170 Å². The van der Waals surface area contributed by atoms with Crippen molar-refractivity contribution in [1.82, 2.24) is 9.88 Å². The van der Waals surface area contributed by atoms with Crippen LogP contribution in [-0.2, 0) is 11.2 Å². The Hall–Kier alpha value is -1.68. The lowest BCUT2D eigenvalue weighted by molar-refractivity contribution is -0.277. The molecule has 0 amide bonds. The molecule has 29 heavy (non-hydrogen) atoms. The predicted octanol–water partition coefficient (Wildman–Crippen LogP) is 0.619. The van der Waals surface area contributed by atoms with E-state index in [1.807, 2.05) is 12.3 Å². The van der Waals surface area contributed by atoms with Crippen LogP contribution < -0.4 is 4.74 Å². The first-order valence-corrected chi connectivity index (χ1v) is 10.2. The summed E-state index contributed by atoms with van der Waals surface area (Å²) >= 11 is 0. The van der Waals surface area contributed by atoms with Crippen molar-refractivity contribution in [2.24, 2.45) is 0 Å². The van der Waals surface area contributed by atoms with Gasteiger partial charge in [0.2, 0.25) is 6.29 Å². The van der Waals surface area contributed by atoms with Crippen LogP contribution in [-0.4, -0.2) is 86.8 Å². The van der Waals surface area contributed by atoms with E-state index in [4.69, 9.17) is 9.47 Å². The van der Waals surface area contributed by atoms with E-state index in [2.05, 4.69) is 30.7 Å². The second kappa shape index (κ2) is 9.42. The molecule has 3 rings (SSSR count). The first-order valence-electron chi connectivity index (χ1n) is 10.2. The predicted molar refractivity (Wildman–Crippen MR) is 109 cm³/mol. The highest BCUT2D eigenvalue weighted by Gasteiger charge is 2.44. The standard InChI is InChI=1S/C21H32N2O6/c1-4-23(12(2)3)8-7-13-10-22-16-9-14(5-6-15(13)16)28-21-20(27)19(26)18(25)17(11-24)29-21/h5-6,9-10,12,17-22,24-27H,4,7-8,11H2,1-3H3. The fraction of sp³-hybridized carbons (Fsp3) is 0.619. The molecule has 8 nitrogen and oxygen atoms in total. The van der Waals surface area contributed by atoms with Gasteiger partial charge in [-0.3, -0.25) is 0 Å². The van der Waals surface area contributed by atoms with Crippen LogP contribution >= 0.6 is 0 Å². The van der Waals surface area contributed by atoms with E-state index < -0.39 is 37.3 Å². The fourth-order valence-electron chi connectivity index (χ4n) is 3.79. The lowest BCUT2D eigenvalue weighted by Gasteiger charge is -2.39. The number of hydrogen-bond donors (Lipinski definition) is 5. The van der Waals surface area contributed by atoms with Gasteiger partial charge in [-0.25, -0.2) is 0 Å². The molecule has 8 heteroatoms. The third-order valence-electron chi connectivity index (χ3n) is 5.64. The van der Waals surface area contributed by atoms with E-state index in [1.54, 1.807) is 12.1 Å². The number of aliphatic hydroxyl groups excluding tert-OH is 4. The number of fused-ring (bicyclic) bond motifs is 1. The molecule has 1 aliphatic heterocycles. The summed E-state index contributed by atoms with van der Waals surface area (Å²) in [4.78, 5) is 5.66. The monoisotopic (exact) mass is 408 g/mol. The van der Waals surface area contributed by atoms with E-state index in [9.17, 15) is 20.4 Å². The first kappa shape index (κ1) is 22.0. The molecular weight excluding hydrogens is 376 g/mol. The van der Waals surface area contributed by atoms with Crippen molar-refractivity contribution in [2.75, 3.05) is 19.7 Å². The smallest absolute Gasteiger partial charge is 0.229 e. The maximum Gasteiger partial charge on any atom is 0.229 e. The second-order valence-electron chi connectivity index (χ2n) is 7.81. The molecule has 2 heterocycles. The number of aromatic nitrogens is 1. The summed E-state index contributed by atoms with van der Waals surface area (Å²) < 4.78 is 11.1. The minimum atomic E-state index is -1.46. The SMILES string of the molecule is CCN(CCc1c[nH]c2cc(OC3OC(CO)C(O)C(O)C3O)ccc12)C(C)C. The number of H-pyrrole nitrogens is 1. The van der Waals surface area contributed by atoms with Crippen molar-refractivity contribution in [1.29, 1.82) is 0 Å². The first-order chi connectivity index (χ1) is 13.8. The second-order valence-corrected chi connectivity index (χ2v) is 7.81. The average molecular weight is 408 g/mol. The van der Waals surface area contributed by atoms with Crippen LogP contribution in [0.5, 0.6) is 5.75 Å². The summed E-state index contributed by atoms with van der Waals surface area (Å²) in [5.41, 5.74) is 2.12. The molecule has 0 spiro atoms. The van der Waals surface area contributed by atoms with E-state index in [0.717, 1.165) is 30.4 Å². The molecule has 1 aromatic carbocycles. The summed E-state index contributed by atoms with van der Waals surface area (Å²) in [5, 5.41) is 40.3. The van der Waals surface area contributed by atoms with Gasteiger partial charge in [0.1, 0.15) is 30.2 Å². The number of likely N-dealkylation sites (N-methyl/N-ethyl adjacent to an activating group) is 1. The summed E-state index contributed by atoms with van der Waals surface area (Å²) in [5.74, 6) is 0.451. The van der Waals surface area contributed by atoms with Crippen LogP contribution in [0.1, 0.15) is 26.3 Å². The van der Waals surface area contributed by atoms with Crippen LogP contribution in [0.25, 0.3) is 10.9 Å². The van der Waals surface area contributed by atoms with Crippen LogP contribution in [0, 0.1) is 0 Å². The van der Waals surface area contributed by atoms with Crippen LogP contribution in [0.15, 0.2) is 24.4 Å². The van der Waals surface area contributed by atoms with Gasteiger partial charge in [-0.2, -0.15) is 0 Å². The van der Waals surface area contributed by atoms with E-state index in [1.165, 1.54) is 5.56 Å². The minimum Gasteiger partial charge on any atom is -0.462 e. The van der Waals surface area contributed by atoms with E-state index in [-0.39, 0.29) is 0 Å². The maximum atomic E-state index is 10.1. The number of benzene rings is 1. The maximum absolute atomic E-state index is 10.1. The molecule has 5 atom stereocenters. The number of nitrogens with one attached hydrogen (secondary N) is 1. The third-order valence-corrected chi connectivity index (χ3v) is 5.64. The third kappa shape index (κ3) is 4.74. The van der Waals surface area contributed by atoms with Gasteiger partial charge in [0, 0.05) is 35.8 Å². The molecule has 1 aliphatic rings. The van der Waals surface area contributed by atoms with Crippen molar-refractivity contribution in [3.63, 3.8) is 0 Å². The van der Waals surface area contributed by atoms with E-state index >= 15 is 0 Å². The molecule has 1 saturated heterocycles. The molecule has 0 saturated carbocycles. The molecular formula is C21H32N2O6. The zero-order valence-electron chi connectivity index (χ0n) is 17.2. The minimum absolute atomic E-state index is 0.451. The number of nitrogens with zero attached hydrogens (tertiary/aromatic N) is 1. The van der Waals surface area contributed by atoms with Gasteiger partial charge in [0.15, 0.2) is 0 Å². The number of ether oxygens (including phenoxy) is 2. The molecule has 0 bridgehead atoms. The molecule has 162 valence electrons. The van der Waals surface area contributed by atoms with Crippen molar-refractivity contribution in [3.8, 4) is 5.75 Å². The Balaban J connectivity index is 1.70. The average Bonchev–Trinajstić information content (AvgIpc) is 3.11. The summed E-state index contributed by atoms with van der Waals surface area (Å²) in [6.45, 7) is 8.05. The normalized spacial score (nSPS) is 27.8. The van der Waals surface area contributed by atoms with Gasteiger partial charge in [0.25, 0.3) is 0 Å². The Morgan fingerprint density at radius 3 is 2.59 bits per heavy atom. The molecule has 0 radical (unpaired) electrons. The Bertz CT molecular complexity index is 793. The highest BCUT2D eigenvalue weighted by atomic mass is 16.7. The highest BCUT2D eigenvalue weighted by Crippen LogP contribution is 2.28. The van der Waals surface area contributed by atoms with Gasteiger partial charge in [-0.05, 0) is 44.5 Å². The van der Waals surface area contributed by atoms with Crippen LogP contribution in [0.2, 0.25) is 0 Å². The Kier molecular flexibility index (Phi) is 7.15. The number of aliphatic hydroxyl groups is 4. The Morgan fingerprint density at radius 2 is 1.93 bits per heavy atom. The zero-order valence-corrected chi connectivity index (χ0v) is 17.2. The van der Waals surface area contributed by atoms with Crippen LogP contribution in [0.3, 0.4) is 0 Å².